The standard InChI is InChI=1S/C16H31N3O5S/c1-16(2,3)24-15(20)19-12-14(13-19)18-9-7-17(8-10-18)6-5-11-23-25(4,21)22/h14H,5-13H2,1-4H3. The first-order valence-corrected chi connectivity index (χ1v) is 10.6. The number of hydrogen-bond donors (Lipinski definition) is 0. The molecule has 0 atom stereocenters. The van der Waals surface area contributed by atoms with E-state index in [-0.39, 0.29) is 12.7 Å². The van der Waals surface area contributed by atoms with Crippen molar-refractivity contribution in [1.82, 2.24) is 14.7 Å². The van der Waals surface area contributed by atoms with Crippen molar-refractivity contribution in [2.75, 3.05) is 58.7 Å². The predicted octanol–water partition coefficient (Wildman–Crippen LogP) is 0.590. The van der Waals surface area contributed by atoms with E-state index in [0.29, 0.717) is 12.5 Å². The van der Waals surface area contributed by atoms with Gasteiger partial charge in [0, 0.05) is 51.9 Å². The number of likely N-dealkylation sites (tertiary alicyclic amines) is 1. The molecule has 0 unspecified atom stereocenters. The number of carbonyl (C=O) groups excluding carboxylic acids is 1. The van der Waals surface area contributed by atoms with Crippen LogP contribution in [0.5, 0.6) is 0 Å². The van der Waals surface area contributed by atoms with Crippen molar-refractivity contribution in [2.24, 2.45) is 0 Å². The van der Waals surface area contributed by atoms with Gasteiger partial charge >= 0.3 is 6.09 Å². The normalized spacial score (nSPS) is 21.2. The lowest BCUT2D eigenvalue weighted by atomic mass is 10.1. The van der Waals surface area contributed by atoms with E-state index in [9.17, 15) is 13.2 Å². The van der Waals surface area contributed by atoms with Crippen LogP contribution >= 0.6 is 0 Å². The molecule has 0 aromatic rings. The van der Waals surface area contributed by atoms with Crippen LogP contribution in [-0.4, -0.2) is 99.5 Å². The van der Waals surface area contributed by atoms with Crippen molar-refractivity contribution < 1.29 is 22.1 Å². The number of nitrogens with zero attached hydrogens (tertiary/aromatic N) is 3. The third-order valence-electron chi connectivity index (χ3n) is 4.35. The molecule has 0 N–H and O–H groups in total. The lowest BCUT2D eigenvalue weighted by Crippen LogP contribution is -2.64. The Balaban J connectivity index is 1.60. The summed E-state index contributed by atoms with van der Waals surface area (Å²) in [6, 6.07) is 0.420. The van der Waals surface area contributed by atoms with Gasteiger partial charge in [-0.25, -0.2) is 4.79 Å². The van der Waals surface area contributed by atoms with Crippen LogP contribution in [-0.2, 0) is 19.0 Å². The molecule has 2 aliphatic heterocycles. The minimum atomic E-state index is -3.34. The topological polar surface area (TPSA) is 79.4 Å². The zero-order valence-electron chi connectivity index (χ0n) is 15.7. The largest absolute Gasteiger partial charge is 0.444 e. The van der Waals surface area contributed by atoms with E-state index in [4.69, 9.17) is 8.92 Å². The van der Waals surface area contributed by atoms with Gasteiger partial charge in [0.05, 0.1) is 12.9 Å². The van der Waals surface area contributed by atoms with Crippen LogP contribution in [0.15, 0.2) is 0 Å². The lowest BCUT2D eigenvalue weighted by Gasteiger charge is -2.48. The van der Waals surface area contributed by atoms with E-state index >= 15 is 0 Å². The Morgan fingerprint density at radius 3 is 2.24 bits per heavy atom. The van der Waals surface area contributed by atoms with Crippen molar-refractivity contribution in [3.8, 4) is 0 Å². The number of amides is 1. The highest BCUT2D eigenvalue weighted by molar-refractivity contribution is 7.85. The molecule has 2 aliphatic rings. The summed E-state index contributed by atoms with van der Waals surface area (Å²) in [5.74, 6) is 0. The zero-order valence-corrected chi connectivity index (χ0v) is 16.5. The van der Waals surface area contributed by atoms with Gasteiger partial charge in [-0.3, -0.25) is 9.08 Å². The third kappa shape index (κ3) is 7.08. The third-order valence-corrected chi connectivity index (χ3v) is 4.95. The molecule has 0 radical (unpaired) electrons. The molecule has 8 nitrogen and oxygen atoms in total. The first kappa shape index (κ1) is 20.4. The molecule has 0 aromatic heterocycles. The summed E-state index contributed by atoms with van der Waals surface area (Å²) in [5, 5.41) is 0. The van der Waals surface area contributed by atoms with Crippen molar-refractivity contribution in [2.45, 2.75) is 38.8 Å². The van der Waals surface area contributed by atoms with Gasteiger partial charge in [0.15, 0.2) is 0 Å². The summed E-state index contributed by atoms with van der Waals surface area (Å²) in [6.07, 6.45) is 1.56. The molecular formula is C16H31N3O5S. The smallest absolute Gasteiger partial charge is 0.410 e. The van der Waals surface area contributed by atoms with Crippen LogP contribution in [0.3, 0.4) is 0 Å². The molecule has 9 heteroatoms. The molecule has 0 bridgehead atoms. The highest BCUT2D eigenvalue weighted by Crippen LogP contribution is 2.20. The Morgan fingerprint density at radius 2 is 1.72 bits per heavy atom. The van der Waals surface area contributed by atoms with E-state index in [1.54, 1.807) is 4.90 Å². The average molecular weight is 378 g/mol. The van der Waals surface area contributed by atoms with Crippen molar-refractivity contribution in [1.29, 1.82) is 0 Å². The molecule has 2 heterocycles. The Labute approximate surface area is 151 Å². The van der Waals surface area contributed by atoms with Gasteiger partial charge in [0.2, 0.25) is 0 Å². The van der Waals surface area contributed by atoms with Gasteiger partial charge in [-0.05, 0) is 27.2 Å². The van der Waals surface area contributed by atoms with E-state index in [1.807, 2.05) is 20.8 Å². The number of hydrogen-bond acceptors (Lipinski definition) is 7. The second kappa shape index (κ2) is 8.20. The van der Waals surface area contributed by atoms with E-state index in [1.165, 1.54) is 0 Å². The maximum atomic E-state index is 12.0. The monoisotopic (exact) mass is 377 g/mol. The molecule has 0 aliphatic carbocycles. The van der Waals surface area contributed by atoms with Crippen LogP contribution < -0.4 is 0 Å². The lowest BCUT2D eigenvalue weighted by molar-refractivity contribution is -0.0248. The van der Waals surface area contributed by atoms with E-state index < -0.39 is 15.7 Å². The van der Waals surface area contributed by atoms with Crippen LogP contribution in [0, 0.1) is 0 Å². The van der Waals surface area contributed by atoms with Gasteiger partial charge < -0.3 is 14.5 Å². The number of carbonyl (C=O) groups is 1. The predicted molar refractivity (Wildman–Crippen MR) is 95.0 cm³/mol. The van der Waals surface area contributed by atoms with Gasteiger partial charge in [0.25, 0.3) is 10.1 Å². The summed E-state index contributed by atoms with van der Waals surface area (Å²) in [4.78, 5) is 18.5. The van der Waals surface area contributed by atoms with Crippen molar-refractivity contribution in [3.63, 3.8) is 0 Å². The van der Waals surface area contributed by atoms with Gasteiger partial charge in [-0.1, -0.05) is 0 Å². The summed E-state index contributed by atoms with van der Waals surface area (Å²) < 4.78 is 32.0. The summed E-state index contributed by atoms with van der Waals surface area (Å²) in [7, 11) is -3.34. The zero-order chi connectivity index (χ0) is 18.7. The molecule has 2 saturated heterocycles. The molecule has 25 heavy (non-hydrogen) atoms. The van der Waals surface area contributed by atoms with Gasteiger partial charge in [0.1, 0.15) is 5.60 Å². The first-order valence-electron chi connectivity index (χ1n) is 8.82. The maximum Gasteiger partial charge on any atom is 0.410 e. The molecule has 2 fully saturated rings. The first-order chi connectivity index (χ1) is 11.5. The summed E-state index contributed by atoms with van der Waals surface area (Å²) >= 11 is 0. The molecule has 146 valence electrons. The van der Waals surface area contributed by atoms with Crippen LogP contribution in [0.25, 0.3) is 0 Å². The van der Waals surface area contributed by atoms with Gasteiger partial charge in [-0.15, -0.1) is 0 Å². The maximum absolute atomic E-state index is 12.0. The average Bonchev–Trinajstić information content (AvgIpc) is 2.40. The van der Waals surface area contributed by atoms with Crippen LogP contribution in [0.1, 0.15) is 27.2 Å². The minimum Gasteiger partial charge on any atom is -0.444 e. The number of piperazine rings is 1. The molecule has 0 aromatic carbocycles. The SMILES string of the molecule is CC(C)(C)OC(=O)N1CC(N2CCN(CCCOS(C)(=O)=O)CC2)C1. The second-order valence-corrected chi connectivity index (χ2v) is 9.44. The number of ether oxygens (including phenoxy) is 1. The Kier molecular flexibility index (Phi) is 6.69. The molecular weight excluding hydrogens is 346 g/mol. The number of rotatable bonds is 6. The van der Waals surface area contributed by atoms with E-state index in [0.717, 1.165) is 52.1 Å². The van der Waals surface area contributed by atoms with Crippen molar-refractivity contribution in [3.05, 3.63) is 0 Å². The summed E-state index contributed by atoms with van der Waals surface area (Å²) in [6.45, 7) is 12.1. The fraction of sp³-hybridized carbons (Fsp3) is 0.938. The summed E-state index contributed by atoms with van der Waals surface area (Å²) in [5.41, 5.74) is -0.450. The Morgan fingerprint density at radius 1 is 1.12 bits per heavy atom. The highest BCUT2D eigenvalue weighted by atomic mass is 32.2. The highest BCUT2D eigenvalue weighted by Gasteiger charge is 2.37. The van der Waals surface area contributed by atoms with Crippen LogP contribution in [0.4, 0.5) is 4.79 Å². The minimum absolute atomic E-state index is 0.228. The Bertz CT molecular complexity index is 547. The Hall–Kier alpha value is -0.900. The van der Waals surface area contributed by atoms with Crippen LogP contribution in [0.2, 0.25) is 0 Å². The van der Waals surface area contributed by atoms with Gasteiger partial charge in [-0.2, -0.15) is 8.42 Å². The quantitative estimate of drug-likeness (QED) is 0.495. The van der Waals surface area contributed by atoms with E-state index in [2.05, 4.69) is 9.80 Å². The fourth-order valence-electron chi connectivity index (χ4n) is 3.01. The molecule has 0 spiro atoms. The molecule has 2 rings (SSSR count). The molecule has 1 amide bonds. The molecule has 0 saturated carbocycles. The van der Waals surface area contributed by atoms with Crippen molar-refractivity contribution >= 4 is 16.2 Å². The fourth-order valence-corrected chi connectivity index (χ4v) is 3.43. The second-order valence-electron chi connectivity index (χ2n) is 7.80.